The number of carbonyl (C=O) groups excluding carboxylic acids is 3. The average Bonchev–Trinajstić information content (AvgIpc) is 2.85. The molecule has 0 aromatic heterocycles. The van der Waals surface area contributed by atoms with Crippen LogP contribution in [0.3, 0.4) is 0 Å². The highest BCUT2D eigenvalue weighted by molar-refractivity contribution is 14.1. The van der Waals surface area contributed by atoms with E-state index < -0.39 is 5.92 Å². The highest BCUT2D eigenvalue weighted by Crippen LogP contribution is 2.54. The molecule has 5 rings (SSSR count). The number of carbonyl (C=O) groups is 3. The van der Waals surface area contributed by atoms with Crippen LogP contribution in [0.1, 0.15) is 64.9 Å². The SMILES string of the molecule is COc1cc(C2C3=C(CC(C)(C)CC3=O)OC3=C2C(=O)CC(C)(C)C3)cc(I)c1OCC(=O)Nc1ccccc1. The van der Waals surface area contributed by atoms with Gasteiger partial charge >= 0.3 is 0 Å². The Morgan fingerprint density at radius 1 is 0.950 bits per heavy atom. The van der Waals surface area contributed by atoms with Gasteiger partial charge in [0, 0.05) is 48.4 Å². The number of ketones is 2. The number of hydrogen-bond donors (Lipinski definition) is 1. The third kappa shape index (κ3) is 5.68. The summed E-state index contributed by atoms with van der Waals surface area (Å²) in [7, 11) is 1.54. The number of nitrogens with one attached hydrogen (secondary N) is 1. The van der Waals surface area contributed by atoms with Crippen molar-refractivity contribution in [3.05, 3.63) is 74.3 Å². The molecule has 0 atom stereocenters. The molecule has 0 fully saturated rings. The van der Waals surface area contributed by atoms with Gasteiger partial charge in [-0.05, 0) is 63.2 Å². The molecule has 1 N–H and O–H groups in total. The van der Waals surface area contributed by atoms with Crippen LogP contribution in [0, 0.1) is 14.4 Å². The van der Waals surface area contributed by atoms with Crippen molar-refractivity contribution in [2.24, 2.45) is 10.8 Å². The van der Waals surface area contributed by atoms with Crippen molar-refractivity contribution in [3.8, 4) is 11.5 Å². The summed E-state index contributed by atoms with van der Waals surface area (Å²) in [5, 5.41) is 2.81. The maximum Gasteiger partial charge on any atom is 0.262 e. The molecule has 1 heterocycles. The van der Waals surface area contributed by atoms with Gasteiger partial charge in [-0.2, -0.15) is 0 Å². The van der Waals surface area contributed by atoms with Crippen molar-refractivity contribution in [1.29, 1.82) is 0 Å². The molecule has 3 aliphatic rings. The Kier molecular flexibility index (Phi) is 7.58. The van der Waals surface area contributed by atoms with Gasteiger partial charge in [-0.1, -0.05) is 45.9 Å². The summed E-state index contributed by atoms with van der Waals surface area (Å²) in [5.74, 6) is 1.37. The molecule has 0 saturated carbocycles. The van der Waals surface area contributed by atoms with Crippen molar-refractivity contribution in [2.75, 3.05) is 19.0 Å². The number of ether oxygens (including phenoxy) is 3. The zero-order valence-electron chi connectivity index (χ0n) is 23.5. The van der Waals surface area contributed by atoms with Crippen LogP contribution in [-0.4, -0.2) is 31.2 Å². The molecule has 40 heavy (non-hydrogen) atoms. The van der Waals surface area contributed by atoms with Crippen LogP contribution >= 0.6 is 22.6 Å². The molecule has 2 aromatic rings. The predicted octanol–water partition coefficient (Wildman–Crippen LogP) is 6.72. The highest BCUT2D eigenvalue weighted by atomic mass is 127. The van der Waals surface area contributed by atoms with E-state index in [2.05, 4.69) is 55.6 Å². The lowest BCUT2D eigenvalue weighted by molar-refractivity contribution is -0.120. The summed E-state index contributed by atoms with van der Waals surface area (Å²) < 4.78 is 18.7. The number of methoxy groups -OCH3 is 1. The average molecular weight is 656 g/mol. The molecule has 0 bridgehead atoms. The van der Waals surface area contributed by atoms with Gasteiger partial charge in [0.05, 0.1) is 10.7 Å². The van der Waals surface area contributed by atoms with Crippen LogP contribution in [0.5, 0.6) is 11.5 Å². The van der Waals surface area contributed by atoms with Crippen LogP contribution in [0.25, 0.3) is 0 Å². The van der Waals surface area contributed by atoms with E-state index in [1.165, 1.54) is 7.11 Å². The molecule has 2 aliphatic carbocycles. The van der Waals surface area contributed by atoms with E-state index in [1.54, 1.807) is 12.1 Å². The second-order valence-corrected chi connectivity index (χ2v) is 13.5. The molecule has 0 spiro atoms. The predicted molar refractivity (Wildman–Crippen MR) is 160 cm³/mol. The van der Waals surface area contributed by atoms with Gasteiger partial charge in [-0.25, -0.2) is 0 Å². The van der Waals surface area contributed by atoms with E-state index in [0.29, 0.717) is 69.1 Å². The lowest BCUT2D eigenvalue weighted by atomic mass is 9.65. The summed E-state index contributed by atoms with van der Waals surface area (Å²) in [6.07, 6.45) is 2.03. The number of amides is 1. The fourth-order valence-electron chi connectivity index (χ4n) is 5.91. The van der Waals surface area contributed by atoms with E-state index in [1.807, 2.05) is 30.3 Å². The summed E-state index contributed by atoms with van der Waals surface area (Å²) in [6.45, 7) is 8.07. The van der Waals surface area contributed by atoms with Gasteiger partial charge in [-0.3, -0.25) is 14.4 Å². The second-order valence-electron chi connectivity index (χ2n) is 12.3. The number of allylic oxidation sites excluding steroid dienone is 4. The Hall–Kier alpha value is -3.14. The number of Topliss-reactive ketones (excluding diaryl/α,β-unsaturated/α-hetero) is 2. The normalized spacial score (nSPS) is 19.9. The molecule has 0 unspecified atom stereocenters. The van der Waals surface area contributed by atoms with Crippen molar-refractivity contribution in [1.82, 2.24) is 0 Å². The lowest BCUT2D eigenvalue weighted by Gasteiger charge is -2.42. The number of anilines is 1. The minimum absolute atomic E-state index is 0.00678. The smallest absolute Gasteiger partial charge is 0.262 e. The minimum atomic E-state index is -0.538. The van der Waals surface area contributed by atoms with Gasteiger partial charge < -0.3 is 19.5 Å². The first kappa shape index (κ1) is 28.4. The number of rotatable bonds is 6. The lowest BCUT2D eigenvalue weighted by Crippen LogP contribution is -2.37. The standard InChI is InChI=1S/C32H34INO6/c1-31(2)13-21(35)28-24(15-31)40-25-16-32(3,4)14-22(36)29(25)27(28)18-11-20(33)30(23(12-18)38-5)39-17-26(37)34-19-9-7-6-8-10-19/h6-12,27H,13-17H2,1-5H3,(H,34,37). The monoisotopic (exact) mass is 655 g/mol. The van der Waals surface area contributed by atoms with Crippen LogP contribution in [0.15, 0.2) is 65.1 Å². The molecule has 1 amide bonds. The van der Waals surface area contributed by atoms with E-state index in [0.717, 1.165) is 5.56 Å². The van der Waals surface area contributed by atoms with Gasteiger partial charge in [0.15, 0.2) is 29.7 Å². The largest absolute Gasteiger partial charge is 0.493 e. The van der Waals surface area contributed by atoms with Gasteiger partial charge in [-0.15, -0.1) is 0 Å². The Morgan fingerprint density at radius 2 is 1.52 bits per heavy atom. The molecule has 0 saturated heterocycles. The van der Waals surface area contributed by atoms with Crippen molar-refractivity contribution in [2.45, 2.75) is 59.3 Å². The molecule has 8 heteroatoms. The maximum absolute atomic E-state index is 13.6. The number of halogens is 1. The second kappa shape index (κ2) is 10.7. The van der Waals surface area contributed by atoms with Gasteiger partial charge in [0.2, 0.25) is 0 Å². The zero-order valence-corrected chi connectivity index (χ0v) is 25.6. The van der Waals surface area contributed by atoms with Crippen LogP contribution in [0.2, 0.25) is 0 Å². The molecular weight excluding hydrogens is 621 g/mol. The Labute approximate surface area is 248 Å². The van der Waals surface area contributed by atoms with E-state index in [-0.39, 0.29) is 34.9 Å². The minimum Gasteiger partial charge on any atom is -0.493 e. The number of para-hydroxylation sites is 1. The zero-order chi connectivity index (χ0) is 28.8. The first-order chi connectivity index (χ1) is 18.9. The molecule has 0 radical (unpaired) electrons. The summed E-state index contributed by atoms with van der Waals surface area (Å²) in [6, 6.07) is 12.9. The topological polar surface area (TPSA) is 90.9 Å². The maximum atomic E-state index is 13.6. The van der Waals surface area contributed by atoms with Crippen molar-refractivity contribution < 1.29 is 28.6 Å². The van der Waals surface area contributed by atoms with Crippen molar-refractivity contribution >= 4 is 45.8 Å². The first-order valence-corrected chi connectivity index (χ1v) is 14.5. The summed E-state index contributed by atoms with van der Waals surface area (Å²) in [4.78, 5) is 39.7. The molecular formula is C32H34INO6. The van der Waals surface area contributed by atoms with Crippen LogP contribution in [-0.2, 0) is 19.1 Å². The van der Waals surface area contributed by atoms with Crippen LogP contribution < -0.4 is 14.8 Å². The molecule has 7 nitrogen and oxygen atoms in total. The fraction of sp³-hybridized carbons (Fsp3) is 0.406. The molecule has 210 valence electrons. The van der Waals surface area contributed by atoms with Gasteiger partial charge in [0.25, 0.3) is 5.91 Å². The summed E-state index contributed by atoms with van der Waals surface area (Å²) in [5.41, 5.74) is 2.14. The quantitative estimate of drug-likeness (QED) is 0.348. The highest BCUT2D eigenvalue weighted by Gasteiger charge is 2.48. The third-order valence-electron chi connectivity index (χ3n) is 7.57. The Bertz CT molecular complexity index is 1400. The van der Waals surface area contributed by atoms with Crippen molar-refractivity contribution in [3.63, 3.8) is 0 Å². The Balaban J connectivity index is 1.52. The third-order valence-corrected chi connectivity index (χ3v) is 8.37. The van der Waals surface area contributed by atoms with Crippen LogP contribution in [0.4, 0.5) is 5.69 Å². The molecule has 2 aromatic carbocycles. The fourth-order valence-corrected chi connectivity index (χ4v) is 6.69. The Morgan fingerprint density at radius 3 is 2.08 bits per heavy atom. The van der Waals surface area contributed by atoms with E-state index >= 15 is 0 Å². The van der Waals surface area contributed by atoms with E-state index in [9.17, 15) is 14.4 Å². The molecule has 1 aliphatic heterocycles. The van der Waals surface area contributed by atoms with Gasteiger partial charge in [0.1, 0.15) is 11.5 Å². The first-order valence-electron chi connectivity index (χ1n) is 13.4. The summed E-state index contributed by atoms with van der Waals surface area (Å²) >= 11 is 2.15. The number of benzene rings is 2. The van der Waals surface area contributed by atoms with E-state index in [4.69, 9.17) is 14.2 Å². The number of hydrogen-bond acceptors (Lipinski definition) is 6.